The molecule has 1 amide bonds. The summed E-state index contributed by atoms with van der Waals surface area (Å²) in [6.07, 6.45) is 12.3. The summed E-state index contributed by atoms with van der Waals surface area (Å²) in [6, 6.07) is 13.0. The van der Waals surface area contributed by atoms with Crippen molar-refractivity contribution < 1.29 is 9.18 Å². The molecule has 1 unspecified atom stereocenters. The largest absolute Gasteiger partial charge is 0.342 e. The Kier molecular flexibility index (Phi) is 6.13. The maximum Gasteiger partial charge on any atom is 0.253 e. The lowest BCUT2D eigenvalue weighted by Crippen LogP contribution is -2.35. The molecule has 7 rings (SSSR count). The molecule has 1 N–H and O–H groups in total. The number of benzene rings is 2. The summed E-state index contributed by atoms with van der Waals surface area (Å²) in [7, 11) is 0. The number of H-pyrrole nitrogens is 1. The smallest absolute Gasteiger partial charge is 0.253 e. The van der Waals surface area contributed by atoms with E-state index in [1.807, 2.05) is 29.3 Å². The van der Waals surface area contributed by atoms with E-state index in [0.717, 1.165) is 84.9 Å². The molecule has 2 saturated carbocycles. The number of imidazole rings is 1. The second kappa shape index (κ2) is 9.79. The van der Waals surface area contributed by atoms with Crippen molar-refractivity contribution in [3.05, 3.63) is 71.4 Å². The number of carbonyl (C=O) groups is 1. The first-order valence-corrected chi connectivity index (χ1v) is 14.5. The van der Waals surface area contributed by atoms with Crippen LogP contribution in [0.3, 0.4) is 0 Å². The zero-order valence-corrected chi connectivity index (χ0v) is 21.8. The van der Waals surface area contributed by atoms with Crippen LogP contribution in [0.15, 0.2) is 48.7 Å². The molecule has 38 heavy (non-hydrogen) atoms. The lowest BCUT2D eigenvalue weighted by molar-refractivity contribution is 0.0724. The number of aromatic nitrogens is 3. The fourth-order valence-corrected chi connectivity index (χ4v) is 7.17. The fourth-order valence-electron chi connectivity index (χ4n) is 7.17. The van der Waals surface area contributed by atoms with Gasteiger partial charge in [-0.25, -0.2) is 9.37 Å². The van der Waals surface area contributed by atoms with Gasteiger partial charge in [-0.3, -0.25) is 9.78 Å². The van der Waals surface area contributed by atoms with E-state index in [1.54, 1.807) is 12.1 Å². The molecule has 0 spiro atoms. The molecule has 5 nitrogen and oxygen atoms in total. The summed E-state index contributed by atoms with van der Waals surface area (Å²) >= 11 is 0. The second-order valence-electron chi connectivity index (χ2n) is 11.7. The number of carbonyl (C=O) groups excluding carboxylic acids is 1. The minimum absolute atomic E-state index is 0.136. The molecule has 3 heterocycles. The lowest BCUT2D eigenvalue weighted by Gasteiger charge is -2.34. The Hall–Kier alpha value is -3.28. The highest BCUT2D eigenvalue weighted by atomic mass is 19.1. The van der Waals surface area contributed by atoms with Crippen LogP contribution in [0.4, 0.5) is 4.39 Å². The Bertz CT molecular complexity index is 1480. The summed E-state index contributed by atoms with van der Waals surface area (Å²) in [5.74, 6) is 3.22. The first-order valence-electron chi connectivity index (χ1n) is 14.5. The van der Waals surface area contributed by atoms with Gasteiger partial charge in [0.15, 0.2) is 0 Å². The summed E-state index contributed by atoms with van der Waals surface area (Å²) in [5, 5.41) is 0.960. The lowest BCUT2D eigenvalue weighted by atomic mass is 9.72. The van der Waals surface area contributed by atoms with Crippen LogP contribution < -0.4 is 0 Å². The van der Waals surface area contributed by atoms with Crippen LogP contribution in [0.1, 0.15) is 91.4 Å². The number of nitrogens with one attached hydrogen (secondary N) is 1. The van der Waals surface area contributed by atoms with Gasteiger partial charge in [-0.15, -0.1) is 0 Å². The van der Waals surface area contributed by atoms with Gasteiger partial charge < -0.3 is 9.88 Å². The van der Waals surface area contributed by atoms with E-state index in [1.165, 1.54) is 30.9 Å². The number of piperidine rings is 1. The fraction of sp³-hybridized carbons (Fsp3) is 0.469. The van der Waals surface area contributed by atoms with E-state index in [2.05, 4.69) is 16.0 Å². The molecule has 3 fully saturated rings. The number of rotatable bonds is 5. The number of pyridine rings is 1. The average Bonchev–Trinajstić information content (AvgIpc) is 3.70. The Morgan fingerprint density at radius 2 is 1.66 bits per heavy atom. The summed E-state index contributed by atoms with van der Waals surface area (Å²) in [5.41, 5.74) is 4.81. The van der Waals surface area contributed by atoms with Crippen molar-refractivity contribution in [1.82, 2.24) is 19.9 Å². The van der Waals surface area contributed by atoms with Gasteiger partial charge >= 0.3 is 0 Å². The van der Waals surface area contributed by atoms with E-state index >= 15 is 0 Å². The van der Waals surface area contributed by atoms with Gasteiger partial charge in [0, 0.05) is 36.2 Å². The number of aromatic amines is 1. The highest BCUT2D eigenvalue weighted by Crippen LogP contribution is 2.52. The summed E-state index contributed by atoms with van der Waals surface area (Å²) in [4.78, 5) is 28.2. The van der Waals surface area contributed by atoms with Gasteiger partial charge in [0.05, 0.1) is 16.6 Å². The van der Waals surface area contributed by atoms with Crippen molar-refractivity contribution in [3.8, 4) is 0 Å². The SMILES string of the molecule is O=C(c1ccc2[nH]c(C(C3CC3)[C@H]3CC[C@@H](c4ccnc5ccc(F)cc54)CC3)nc2c1)N1CCCCC1. The Balaban J connectivity index is 1.10. The third kappa shape index (κ3) is 4.48. The molecule has 0 radical (unpaired) electrons. The molecule has 4 aromatic rings. The van der Waals surface area contributed by atoms with Crippen molar-refractivity contribution in [2.75, 3.05) is 13.1 Å². The number of hydrogen-bond donors (Lipinski definition) is 1. The van der Waals surface area contributed by atoms with Crippen molar-refractivity contribution in [2.45, 2.75) is 69.6 Å². The molecule has 1 atom stereocenters. The topological polar surface area (TPSA) is 61.9 Å². The molecule has 2 aromatic heterocycles. The van der Waals surface area contributed by atoms with Gasteiger partial charge in [-0.2, -0.15) is 0 Å². The maximum atomic E-state index is 14.0. The van der Waals surface area contributed by atoms with Crippen molar-refractivity contribution >= 4 is 27.8 Å². The number of fused-ring (bicyclic) bond motifs is 2. The monoisotopic (exact) mass is 510 g/mol. The molecule has 3 aliphatic rings. The van der Waals surface area contributed by atoms with Crippen LogP contribution >= 0.6 is 0 Å². The molecule has 6 heteroatoms. The normalized spacial score (nSPS) is 23.1. The molecule has 2 aromatic carbocycles. The van der Waals surface area contributed by atoms with E-state index in [0.29, 0.717) is 23.7 Å². The molecule has 2 aliphatic carbocycles. The van der Waals surface area contributed by atoms with Crippen molar-refractivity contribution in [3.63, 3.8) is 0 Å². The molecule has 0 bridgehead atoms. The average molecular weight is 511 g/mol. The summed E-state index contributed by atoms with van der Waals surface area (Å²) < 4.78 is 14.0. The predicted molar refractivity (Wildman–Crippen MR) is 148 cm³/mol. The van der Waals surface area contributed by atoms with Gasteiger partial charge in [0.25, 0.3) is 5.91 Å². The molecular weight excluding hydrogens is 475 g/mol. The van der Waals surface area contributed by atoms with Gasteiger partial charge in [-0.05, 0) is 124 Å². The minimum atomic E-state index is -0.195. The van der Waals surface area contributed by atoms with Crippen LogP contribution in [0.25, 0.3) is 21.9 Å². The maximum absolute atomic E-state index is 14.0. The standard InChI is InChI=1S/C32H35FN4O/c33-24-11-13-27-26(19-24)25(14-15-34-27)20-4-6-21(7-5-20)30(22-8-9-22)31-35-28-12-10-23(18-29(28)36-31)32(38)37-16-2-1-3-17-37/h10-15,18-22,30H,1-9,16-17H2,(H,35,36)/t20-,21+,30?. The third-order valence-corrected chi connectivity index (χ3v) is 9.29. The van der Waals surface area contributed by atoms with E-state index in [9.17, 15) is 9.18 Å². The summed E-state index contributed by atoms with van der Waals surface area (Å²) in [6.45, 7) is 1.72. The first-order chi connectivity index (χ1) is 18.6. The zero-order chi connectivity index (χ0) is 25.6. The second-order valence-corrected chi connectivity index (χ2v) is 11.7. The van der Waals surface area contributed by atoms with Gasteiger partial charge in [0.1, 0.15) is 11.6 Å². The van der Waals surface area contributed by atoms with Crippen LogP contribution in [0.2, 0.25) is 0 Å². The van der Waals surface area contributed by atoms with E-state index < -0.39 is 0 Å². The van der Waals surface area contributed by atoms with Crippen molar-refractivity contribution in [2.24, 2.45) is 11.8 Å². The minimum Gasteiger partial charge on any atom is -0.342 e. The quantitative estimate of drug-likeness (QED) is 0.305. The Morgan fingerprint density at radius 3 is 2.42 bits per heavy atom. The zero-order valence-electron chi connectivity index (χ0n) is 21.8. The van der Waals surface area contributed by atoms with Crippen LogP contribution in [-0.4, -0.2) is 38.8 Å². The molecule has 1 saturated heterocycles. The first kappa shape index (κ1) is 23.8. The van der Waals surface area contributed by atoms with E-state index in [4.69, 9.17) is 4.98 Å². The predicted octanol–water partition coefficient (Wildman–Crippen LogP) is 7.34. The third-order valence-electron chi connectivity index (χ3n) is 9.29. The number of amides is 1. The van der Waals surface area contributed by atoms with E-state index in [-0.39, 0.29) is 11.7 Å². The molecule has 196 valence electrons. The van der Waals surface area contributed by atoms with Crippen LogP contribution in [0.5, 0.6) is 0 Å². The van der Waals surface area contributed by atoms with Crippen LogP contribution in [0, 0.1) is 17.7 Å². The number of likely N-dealkylation sites (tertiary alicyclic amines) is 1. The van der Waals surface area contributed by atoms with Gasteiger partial charge in [-0.1, -0.05) is 0 Å². The van der Waals surface area contributed by atoms with Gasteiger partial charge in [0.2, 0.25) is 0 Å². The van der Waals surface area contributed by atoms with Crippen molar-refractivity contribution in [1.29, 1.82) is 0 Å². The molecular formula is C32H35FN4O. The Morgan fingerprint density at radius 1 is 0.895 bits per heavy atom. The molecule has 1 aliphatic heterocycles. The number of nitrogens with zero attached hydrogens (tertiary/aromatic N) is 3. The Labute approximate surface area is 222 Å². The number of hydrogen-bond acceptors (Lipinski definition) is 3. The highest BCUT2D eigenvalue weighted by Gasteiger charge is 2.41. The number of halogens is 1. The van der Waals surface area contributed by atoms with Crippen LogP contribution in [-0.2, 0) is 0 Å². The highest BCUT2D eigenvalue weighted by molar-refractivity contribution is 5.97.